The average Bonchev–Trinajstić information content (AvgIpc) is 2.30. The number of anilines is 3. The van der Waals surface area contributed by atoms with Gasteiger partial charge in [0.2, 0.25) is 0 Å². The van der Waals surface area contributed by atoms with Crippen LogP contribution in [0.5, 0.6) is 0 Å². The zero-order chi connectivity index (χ0) is 13.3. The largest absolute Gasteiger partial charge is 0.397 e. The van der Waals surface area contributed by atoms with E-state index in [-0.39, 0.29) is 10.7 Å². The summed E-state index contributed by atoms with van der Waals surface area (Å²) in [6.07, 6.45) is 0. The van der Waals surface area contributed by atoms with Crippen molar-refractivity contribution in [3.05, 3.63) is 51.2 Å². The Kier molecular flexibility index (Phi) is 3.85. The molecule has 0 saturated heterocycles. The number of rotatable bonds is 2. The summed E-state index contributed by atoms with van der Waals surface area (Å²) >= 11 is 17.6. The lowest BCUT2D eigenvalue weighted by Crippen LogP contribution is -1.99. The van der Waals surface area contributed by atoms with E-state index in [1.807, 2.05) is 0 Å². The maximum absolute atomic E-state index is 13.6. The van der Waals surface area contributed by atoms with E-state index in [2.05, 4.69) is 5.32 Å². The molecule has 3 N–H and O–H groups in total. The van der Waals surface area contributed by atoms with E-state index in [1.165, 1.54) is 24.3 Å². The number of hydrogen-bond acceptors (Lipinski definition) is 2. The van der Waals surface area contributed by atoms with Gasteiger partial charge in [0.15, 0.2) is 0 Å². The molecule has 0 heterocycles. The lowest BCUT2D eigenvalue weighted by Gasteiger charge is -2.12. The van der Waals surface area contributed by atoms with Gasteiger partial charge in [-0.05, 0) is 24.3 Å². The third kappa shape index (κ3) is 2.64. The zero-order valence-electron chi connectivity index (χ0n) is 8.98. The van der Waals surface area contributed by atoms with Gasteiger partial charge in [0, 0.05) is 0 Å². The molecule has 2 rings (SSSR count). The Morgan fingerprint density at radius 1 is 1.00 bits per heavy atom. The highest BCUT2D eigenvalue weighted by atomic mass is 35.5. The maximum atomic E-state index is 13.6. The lowest BCUT2D eigenvalue weighted by atomic mass is 10.2. The summed E-state index contributed by atoms with van der Waals surface area (Å²) in [7, 11) is 0. The Bertz CT molecular complexity index is 582. The maximum Gasteiger partial charge on any atom is 0.148 e. The molecule has 94 valence electrons. The number of halogens is 4. The second-order valence-corrected chi connectivity index (χ2v) is 4.80. The van der Waals surface area contributed by atoms with Crippen molar-refractivity contribution in [2.75, 3.05) is 11.1 Å². The smallest absolute Gasteiger partial charge is 0.148 e. The minimum atomic E-state index is -0.479. The van der Waals surface area contributed by atoms with Gasteiger partial charge < -0.3 is 11.1 Å². The van der Waals surface area contributed by atoms with Crippen LogP contribution in [0.25, 0.3) is 0 Å². The van der Waals surface area contributed by atoms with Gasteiger partial charge in [-0.2, -0.15) is 0 Å². The van der Waals surface area contributed by atoms with Gasteiger partial charge in [-0.1, -0.05) is 40.9 Å². The number of nitrogens with two attached hydrogens (primary N) is 1. The average molecular weight is 306 g/mol. The topological polar surface area (TPSA) is 38.0 Å². The van der Waals surface area contributed by atoms with Crippen LogP contribution >= 0.6 is 34.8 Å². The van der Waals surface area contributed by atoms with Crippen LogP contribution in [0.15, 0.2) is 30.3 Å². The molecule has 0 spiro atoms. The third-order valence-electron chi connectivity index (χ3n) is 2.31. The molecule has 0 unspecified atom stereocenters. The standard InChI is InChI=1S/C12H8Cl3FN2/c13-6-2-1-3-9(16)12(6)18-11-5-8(15)7(14)4-10(11)17/h1-5,18H,17H2. The van der Waals surface area contributed by atoms with Gasteiger partial charge in [-0.3, -0.25) is 0 Å². The second-order valence-electron chi connectivity index (χ2n) is 3.58. The molecule has 0 radical (unpaired) electrons. The van der Waals surface area contributed by atoms with Crippen molar-refractivity contribution in [3.63, 3.8) is 0 Å². The summed E-state index contributed by atoms with van der Waals surface area (Å²) in [6.45, 7) is 0. The van der Waals surface area contributed by atoms with Gasteiger partial charge >= 0.3 is 0 Å². The van der Waals surface area contributed by atoms with E-state index in [0.717, 1.165) is 0 Å². The monoisotopic (exact) mass is 304 g/mol. The molecule has 18 heavy (non-hydrogen) atoms. The van der Waals surface area contributed by atoms with Crippen LogP contribution in [0.4, 0.5) is 21.5 Å². The van der Waals surface area contributed by atoms with Crippen molar-refractivity contribution in [2.24, 2.45) is 0 Å². The minimum Gasteiger partial charge on any atom is -0.397 e. The van der Waals surface area contributed by atoms with Crippen LogP contribution in [0.3, 0.4) is 0 Å². The molecule has 0 atom stereocenters. The second kappa shape index (κ2) is 5.22. The summed E-state index contributed by atoms with van der Waals surface area (Å²) in [5.74, 6) is -0.479. The quantitative estimate of drug-likeness (QED) is 0.756. The highest BCUT2D eigenvalue weighted by Crippen LogP contribution is 2.35. The van der Waals surface area contributed by atoms with E-state index in [4.69, 9.17) is 40.5 Å². The fourth-order valence-corrected chi connectivity index (χ4v) is 1.97. The van der Waals surface area contributed by atoms with Crippen LogP contribution in [0, 0.1) is 5.82 Å². The van der Waals surface area contributed by atoms with Gasteiger partial charge in [0.25, 0.3) is 0 Å². The molecule has 0 aliphatic carbocycles. The van der Waals surface area contributed by atoms with E-state index in [0.29, 0.717) is 21.4 Å². The first-order valence-corrected chi connectivity index (χ1v) is 6.08. The van der Waals surface area contributed by atoms with E-state index in [1.54, 1.807) is 6.07 Å². The summed E-state index contributed by atoms with van der Waals surface area (Å²) < 4.78 is 13.6. The molecule has 0 fully saturated rings. The van der Waals surface area contributed by atoms with Crippen LogP contribution in [0.2, 0.25) is 15.1 Å². The molecule has 0 aliphatic rings. The minimum absolute atomic E-state index is 0.143. The molecule has 0 aromatic heterocycles. The SMILES string of the molecule is Nc1cc(Cl)c(Cl)cc1Nc1c(F)cccc1Cl. The Balaban J connectivity index is 2.43. The number of para-hydroxylation sites is 1. The molecular formula is C12H8Cl3FN2. The summed E-state index contributed by atoms with van der Waals surface area (Å²) in [5, 5.41) is 3.71. The molecule has 2 aromatic rings. The van der Waals surface area contributed by atoms with Gasteiger partial charge in [0.1, 0.15) is 5.82 Å². The lowest BCUT2D eigenvalue weighted by molar-refractivity contribution is 0.632. The number of nitrogens with one attached hydrogen (secondary N) is 1. The number of hydrogen-bond donors (Lipinski definition) is 2. The van der Waals surface area contributed by atoms with Crippen LogP contribution in [-0.2, 0) is 0 Å². The molecule has 0 bridgehead atoms. The predicted octanol–water partition coefficient (Wildman–Crippen LogP) is 5.11. The third-order valence-corrected chi connectivity index (χ3v) is 3.35. The number of benzene rings is 2. The van der Waals surface area contributed by atoms with Crippen molar-refractivity contribution in [2.45, 2.75) is 0 Å². The van der Waals surface area contributed by atoms with Crippen molar-refractivity contribution in [1.29, 1.82) is 0 Å². The fourth-order valence-electron chi connectivity index (χ4n) is 1.42. The Morgan fingerprint density at radius 2 is 1.67 bits per heavy atom. The highest BCUT2D eigenvalue weighted by molar-refractivity contribution is 6.42. The van der Waals surface area contributed by atoms with Gasteiger partial charge in [0.05, 0.1) is 32.1 Å². The number of nitrogen functional groups attached to an aromatic ring is 1. The highest BCUT2D eigenvalue weighted by Gasteiger charge is 2.10. The van der Waals surface area contributed by atoms with E-state index < -0.39 is 5.82 Å². The Hall–Kier alpha value is -1.16. The van der Waals surface area contributed by atoms with E-state index in [9.17, 15) is 4.39 Å². The summed E-state index contributed by atoms with van der Waals surface area (Å²) in [5.41, 5.74) is 6.70. The van der Waals surface area contributed by atoms with Crippen molar-refractivity contribution < 1.29 is 4.39 Å². The van der Waals surface area contributed by atoms with Crippen LogP contribution in [-0.4, -0.2) is 0 Å². The molecule has 0 saturated carbocycles. The first-order chi connectivity index (χ1) is 8.49. The molecule has 2 nitrogen and oxygen atoms in total. The Labute approximate surface area is 118 Å². The van der Waals surface area contributed by atoms with Crippen LogP contribution in [0.1, 0.15) is 0 Å². The summed E-state index contributed by atoms with van der Waals surface area (Å²) in [4.78, 5) is 0. The molecule has 0 aliphatic heterocycles. The zero-order valence-corrected chi connectivity index (χ0v) is 11.2. The molecule has 2 aromatic carbocycles. The fraction of sp³-hybridized carbons (Fsp3) is 0. The molecule has 6 heteroatoms. The van der Waals surface area contributed by atoms with Gasteiger partial charge in [-0.25, -0.2) is 4.39 Å². The normalized spacial score (nSPS) is 10.4. The first-order valence-electron chi connectivity index (χ1n) is 4.94. The first kappa shape index (κ1) is 13.3. The van der Waals surface area contributed by atoms with Crippen molar-refractivity contribution in [1.82, 2.24) is 0 Å². The van der Waals surface area contributed by atoms with Crippen molar-refractivity contribution >= 4 is 51.9 Å². The Morgan fingerprint density at radius 3 is 2.33 bits per heavy atom. The van der Waals surface area contributed by atoms with Gasteiger partial charge in [-0.15, -0.1) is 0 Å². The van der Waals surface area contributed by atoms with Crippen LogP contribution < -0.4 is 11.1 Å². The predicted molar refractivity (Wildman–Crippen MR) is 75.6 cm³/mol. The molecular weight excluding hydrogens is 298 g/mol. The van der Waals surface area contributed by atoms with Crippen molar-refractivity contribution in [3.8, 4) is 0 Å². The van der Waals surface area contributed by atoms with E-state index >= 15 is 0 Å². The molecule has 0 amide bonds. The summed E-state index contributed by atoms with van der Waals surface area (Å²) in [6, 6.07) is 7.38.